The van der Waals surface area contributed by atoms with E-state index in [2.05, 4.69) is 67.2 Å². The lowest BCUT2D eigenvalue weighted by molar-refractivity contribution is 0.410. The van der Waals surface area contributed by atoms with Crippen LogP contribution in [0.4, 0.5) is 0 Å². The van der Waals surface area contributed by atoms with Crippen LogP contribution >= 0.6 is 15.9 Å². The van der Waals surface area contributed by atoms with Gasteiger partial charge in [-0.05, 0) is 64.2 Å². The van der Waals surface area contributed by atoms with E-state index in [9.17, 15) is 0 Å². The van der Waals surface area contributed by atoms with E-state index in [-0.39, 0.29) is 5.41 Å². The van der Waals surface area contributed by atoms with Gasteiger partial charge in [-0.3, -0.25) is 0 Å². The molecule has 1 aromatic carbocycles. The predicted molar refractivity (Wildman–Crippen MR) is 93.4 cm³/mol. The number of nitrogens with zero attached hydrogens (tertiary/aromatic N) is 1. The number of methoxy groups -OCH3 is 1. The van der Waals surface area contributed by atoms with Crippen LogP contribution in [0.1, 0.15) is 38.8 Å². The van der Waals surface area contributed by atoms with Crippen LogP contribution in [0.25, 0.3) is 5.70 Å². The maximum absolute atomic E-state index is 5.43. The lowest BCUT2D eigenvalue weighted by Crippen LogP contribution is -2.27. The molecule has 1 aliphatic heterocycles. The highest BCUT2D eigenvalue weighted by atomic mass is 79.9. The van der Waals surface area contributed by atoms with E-state index in [4.69, 9.17) is 4.74 Å². The van der Waals surface area contributed by atoms with Gasteiger partial charge in [-0.2, -0.15) is 0 Å². The zero-order chi connectivity index (χ0) is 15.8. The molecule has 0 unspecified atom stereocenters. The Morgan fingerprint density at radius 3 is 2.57 bits per heavy atom. The fourth-order valence-electron chi connectivity index (χ4n) is 2.64. The van der Waals surface area contributed by atoms with Gasteiger partial charge in [-0.1, -0.05) is 27.4 Å². The number of halogens is 1. The second-order valence-electron chi connectivity index (χ2n) is 6.49. The van der Waals surface area contributed by atoms with E-state index in [1.807, 2.05) is 6.20 Å². The summed E-state index contributed by atoms with van der Waals surface area (Å²) in [7, 11) is 1.71. The highest BCUT2D eigenvalue weighted by Crippen LogP contribution is 2.41. The SMILES string of the molecule is C=CN1CCc2cc(OC)c(Br)cc2/C1=C(/C)C(C)(C)C. The topological polar surface area (TPSA) is 12.5 Å². The first kappa shape index (κ1) is 16.2. The molecule has 0 bridgehead atoms. The third kappa shape index (κ3) is 3.03. The Morgan fingerprint density at radius 2 is 2.05 bits per heavy atom. The van der Waals surface area contributed by atoms with Crippen molar-refractivity contribution in [1.82, 2.24) is 4.90 Å². The minimum Gasteiger partial charge on any atom is -0.496 e. The molecule has 114 valence electrons. The third-order valence-electron chi connectivity index (χ3n) is 4.24. The molecule has 2 rings (SSSR count). The van der Waals surface area contributed by atoms with Crippen LogP contribution in [0.5, 0.6) is 5.75 Å². The molecular formula is C18H24BrNO. The van der Waals surface area contributed by atoms with Crippen LogP contribution in [0.15, 0.2) is 35.0 Å². The molecule has 0 N–H and O–H groups in total. The Kier molecular flexibility index (Phi) is 4.52. The summed E-state index contributed by atoms with van der Waals surface area (Å²) in [5.74, 6) is 0.897. The summed E-state index contributed by atoms with van der Waals surface area (Å²) in [4.78, 5) is 2.27. The first-order valence-electron chi connectivity index (χ1n) is 7.27. The maximum atomic E-state index is 5.43. The van der Waals surface area contributed by atoms with E-state index < -0.39 is 0 Å². The first-order valence-corrected chi connectivity index (χ1v) is 8.06. The Balaban J connectivity index is 2.70. The lowest BCUT2D eigenvalue weighted by atomic mass is 9.82. The Bertz CT molecular complexity index is 596. The van der Waals surface area contributed by atoms with Gasteiger partial charge in [0.1, 0.15) is 5.75 Å². The van der Waals surface area contributed by atoms with Crippen molar-refractivity contribution in [1.29, 1.82) is 0 Å². The van der Waals surface area contributed by atoms with Crippen LogP contribution in [-0.2, 0) is 6.42 Å². The number of allylic oxidation sites excluding steroid dienone is 1. The molecule has 1 aromatic rings. The third-order valence-corrected chi connectivity index (χ3v) is 4.86. The molecule has 1 heterocycles. The summed E-state index contributed by atoms with van der Waals surface area (Å²) in [6, 6.07) is 4.32. The number of ether oxygens (including phenoxy) is 1. The molecule has 3 heteroatoms. The quantitative estimate of drug-likeness (QED) is 0.724. The molecule has 1 aliphatic rings. The van der Waals surface area contributed by atoms with Crippen molar-refractivity contribution >= 4 is 21.6 Å². The Hall–Kier alpha value is -1.22. The molecule has 0 aromatic heterocycles. The summed E-state index contributed by atoms with van der Waals surface area (Å²) >= 11 is 3.61. The largest absolute Gasteiger partial charge is 0.496 e. The second-order valence-corrected chi connectivity index (χ2v) is 7.35. The van der Waals surface area contributed by atoms with Crippen LogP contribution in [0, 0.1) is 5.41 Å². The van der Waals surface area contributed by atoms with Crippen LogP contribution in [-0.4, -0.2) is 18.6 Å². The van der Waals surface area contributed by atoms with Crippen molar-refractivity contribution < 1.29 is 4.74 Å². The van der Waals surface area contributed by atoms with E-state index >= 15 is 0 Å². The molecule has 21 heavy (non-hydrogen) atoms. The summed E-state index contributed by atoms with van der Waals surface area (Å²) in [6.45, 7) is 13.9. The summed E-state index contributed by atoms with van der Waals surface area (Å²) in [6.07, 6.45) is 2.94. The minimum atomic E-state index is 0.123. The number of rotatable bonds is 2. The van der Waals surface area contributed by atoms with Crippen molar-refractivity contribution in [3.63, 3.8) is 0 Å². The Morgan fingerprint density at radius 1 is 1.38 bits per heavy atom. The van der Waals surface area contributed by atoms with Gasteiger partial charge in [0.25, 0.3) is 0 Å². The van der Waals surface area contributed by atoms with Crippen LogP contribution in [0.3, 0.4) is 0 Å². The number of hydrogen-bond donors (Lipinski definition) is 0. The molecule has 0 spiro atoms. The zero-order valence-electron chi connectivity index (χ0n) is 13.6. The summed E-state index contributed by atoms with van der Waals surface area (Å²) in [5.41, 5.74) is 5.40. The number of fused-ring (bicyclic) bond motifs is 1. The van der Waals surface area contributed by atoms with Gasteiger partial charge in [0.05, 0.1) is 11.6 Å². The standard InChI is InChI=1S/C18H24BrNO/c1-7-20-9-8-13-10-16(21-6)15(19)11-14(13)17(20)12(2)18(3,4)5/h7,10-11H,1,8-9H2,2-6H3/b17-12+. The van der Waals surface area contributed by atoms with Crippen molar-refractivity contribution in [3.05, 3.63) is 46.1 Å². The van der Waals surface area contributed by atoms with Crippen molar-refractivity contribution in [2.45, 2.75) is 34.1 Å². The monoisotopic (exact) mass is 349 g/mol. The highest BCUT2D eigenvalue weighted by molar-refractivity contribution is 9.10. The first-order chi connectivity index (χ1) is 9.79. The van der Waals surface area contributed by atoms with E-state index in [1.165, 1.54) is 22.4 Å². The molecule has 0 saturated carbocycles. The average Bonchev–Trinajstić information content (AvgIpc) is 2.43. The van der Waals surface area contributed by atoms with E-state index in [1.54, 1.807) is 7.11 Å². The van der Waals surface area contributed by atoms with E-state index in [0.717, 1.165) is 23.2 Å². The highest BCUT2D eigenvalue weighted by Gasteiger charge is 2.27. The minimum absolute atomic E-state index is 0.123. The molecule has 2 nitrogen and oxygen atoms in total. The van der Waals surface area contributed by atoms with Gasteiger partial charge in [0.15, 0.2) is 0 Å². The van der Waals surface area contributed by atoms with Gasteiger partial charge < -0.3 is 9.64 Å². The average molecular weight is 350 g/mol. The van der Waals surface area contributed by atoms with Gasteiger partial charge in [-0.25, -0.2) is 0 Å². The predicted octanol–water partition coefficient (Wildman–Crippen LogP) is 5.24. The number of benzene rings is 1. The maximum Gasteiger partial charge on any atom is 0.133 e. The van der Waals surface area contributed by atoms with Gasteiger partial charge in [0.2, 0.25) is 0 Å². The van der Waals surface area contributed by atoms with E-state index in [0.29, 0.717) is 0 Å². The molecule has 0 atom stereocenters. The normalized spacial score (nSPS) is 17.3. The van der Waals surface area contributed by atoms with Crippen molar-refractivity contribution in [3.8, 4) is 5.75 Å². The fourth-order valence-corrected chi connectivity index (χ4v) is 3.15. The number of hydrogen-bond acceptors (Lipinski definition) is 2. The molecule has 0 amide bonds. The lowest BCUT2D eigenvalue weighted by Gasteiger charge is -2.36. The van der Waals surface area contributed by atoms with Crippen molar-refractivity contribution in [2.75, 3.05) is 13.7 Å². The van der Waals surface area contributed by atoms with Crippen LogP contribution < -0.4 is 4.74 Å². The summed E-state index contributed by atoms with van der Waals surface area (Å²) in [5, 5.41) is 0. The summed E-state index contributed by atoms with van der Waals surface area (Å²) < 4.78 is 6.42. The van der Waals surface area contributed by atoms with Gasteiger partial charge >= 0.3 is 0 Å². The zero-order valence-corrected chi connectivity index (χ0v) is 15.2. The Labute approximate surface area is 136 Å². The van der Waals surface area contributed by atoms with Crippen molar-refractivity contribution in [2.24, 2.45) is 5.41 Å². The fraction of sp³-hybridized carbons (Fsp3) is 0.444. The molecular weight excluding hydrogens is 326 g/mol. The second kappa shape index (κ2) is 5.88. The molecule has 0 radical (unpaired) electrons. The van der Waals surface area contributed by atoms with Gasteiger partial charge in [-0.15, -0.1) is 0 Å². The molecule has 0 aliphatic carbocycles. The van der Waals surface area contributed by atoms with Gasteiger partial charge in [0, 0.05) is 17.8 Å². The van der Waals surface area contributed by atoms with Crippen LogP contribution in [0.2, 0.25) is 0 Å². The molecule has 0 fully saturated rings. The molecule has 0 saturated heterocycles. The smallest absolute Gasteiger partial charge is 0.133 e.